The van der Waals surface area contributed by atoms with Crippen LogP contribution in [0.2, 0.25) is 0 Å². The maximum absolute atomic E-state index is 12.4. The molecule has 0 atom stereocenters. The minimum Gasteiger partial charge on any atom is -0.399 e. The molecule has 1 aromatic carbocycles. The molecule has 1 aromatic rings. The van der Waals surface area contributed by atoms with Crippen LogP contribution in [0, 0.1) is 10.1 Å². The van der Waals surface area contributed by atoms with Gasteiger partial charge in [-0.3, -0.25) is 19.8 Å². The zero-order chi connectivity index (χ0) is 15.4. The molecule has 1 aliphatic heterocycles. The van der Waals surface area contributed by atoms with E-state index in [4.69, 9.17) is 10.8 Å². The molecule has 114 valence electrons. The second-order valence-corrected chi connectivity index (χ2v) is 4.89. The minimum atomic E-state index is -0.575. The van der Waals surface area contributed by atoms with E-state index in [1.807, 2.05) is 4.90 Å². The van der Waals surface area contributed by atoms with Crippen LogP contribution in [0.25, 0.3) is 0 Å². The molecule has 8 nitrogen and oxygen atoms in total. The molecule has 0 radical (unpaired) electrons. The van der Waals surface area contributed by atoms with Gasteiger partial charge in [0.15, 0.2) is 0 Å². The fourth-order valence-electron chi connectivity index (χ4n) is 2.37. The molecule has 0 aromatic heterocycles. The van der Waals surface area contributed by atoms with Crippen molar-refractivity contribution in [3.05, 3.63) is 33.9 Å². The van der Waals surface area contributed by atoms with Crippen molar-refractivity contribution in [1.29, 1.82) is 0 Å². The summed E-state index contributed by atoms with van der Waals surface area (Å²) in [6.45, 7) is 2.88. The number of hydrogen-bond donors (Lipinski definition) is 2. The quantitative estimate of drug-likeness (QED) is 0.456. The Bertz CT molecular complexity index is 541. The Kier molecular flexibility index (Phi) is 4.71. The summed E-state index contributed by atoms with van der Waals surface area (Å²) in [5.41, 5.74) is 5.74. The van der Waals surface area contributed by atoms with Gasteiger partial charge in [-0.25, -0.2) is 0 Å². The molecule has 1 fully saturated rings. The highest BCUT2D eigenvalue weighted by Gasteiger charge is 2.27. The average Bonchev–Trinajstić information content (AvgIpc) is 2.47. The van der Waals surface area contributed by atoms with E-state index in [1.165, 1.54) is 18.2 Å². The lowest BCUT2D eigenvalue weighted by Crippen LogP contribution is -2.49. The number of nitrogen functional groups attached to an aromatic ring is 1. The maximum Gasteiger partial charge on any atom is 0.282 e. The molecule has 0 unspecified atom stereocenters. The van der Waals surface area contributed by atoms with Crippen LogP contribution in [0.4, 0.5) is 11.4 Å². The number of nitro benzene ring substituents is 1. The number of benzene rings is 1. The van der Waals surface area contributed by atoms with Crippen molar-refractivity contribution in [3.8, 4) is 0 Å². The Hall–Kier alpha value is -2.19. The summed E-state index contributed by atoms with van der Waals surface area (Å²) in [6.07, 6.45) is 0. The van der Waals surface area contributed by atoms with Crippen LogP contribution in [0.1, 0.15) is 10.4 Å². The van der Waals surface area contributed by atoms with Crippen LogP contribution in [0.3, 0.4) is 0 Å². The SMILES string of the molecule is Nc1ccc([N+](=O)[O-])c(C(=O)N2CCN(CCO)CC2)c1. The van der Waals surface area contributed by atoms with Crippen molar-refractivity contribution in [1.82, 2.24) is 9.80 Å². The summed E-state index contributed by atoms with van der Waals surface area (Å²) in [4.78, 5) is 26.5. The minimum absolute atomic E-state index is 0.0237. The molecule has 0 aliphatic carbocycles. The number of β-amino-alcohol motifs (C(OH)–C–C–N with tert-alkyl or cyclic N) is 1. The summed E-state index contributed by atoms with van der Waals surface area (Å²) in [5.74, 6) is -0.377. The number of nitro groups is 1. The van der Waals surface area contributed by atoms with Gasteiger partial charge in [0, 0.05) is 44.5 Å². The first kappa shape index (κ1) is 15.2. The first-order valence-electron chi connectivity index (χ1n) is 6.69. The summed E-state index contributed by atoms with van der Waals surface area (Å²) < 4.78 is 0. The summed E-state index contributed by atoms with van der Waals surface area (Å²) in [7, 11) is 0. The zero-order valence-electron chi connectivity index (χ0n) is 11.6. The van der Waals surface area contributed by atoms with Crippen molar-refractivity contribution in [2.45, 2.75) is 0 Å². The molecular formula is C13H18N4O4. The Morgan fingerprint density at radius 3 is 2.57 bits per heavy atom. The average molecular weight is 294 g/mol. The van der Waals surface area contributed by atoms with Crippen LogP contribution < -0.4 is 5.73 Å². The Balaban J connectivity index is 2.14. The van der Waals surface area contributed by atoms with Gasteiger partial charge in [-0.2, -0.15) is 0 Å². The molecule has 0 bridgehead atoms. The van der Waals surface area contributed by atoms with Gasteiger partial charge >= 0.3 is 0 Å². The lowest BCUT2D eigenvalue weighted by molar-refractivity contribution is -0.385. The van der Waals surface area contributed by atoms with E-state index in [-0.39, 0.29) is 23.8 Å². The number of amides is 1. The Morgan fingerprint density at radius 1 is 1.33 bits per heavy atom. The molecule has 3 N–H and O–H groups in total. The molecule has 0 spiro atoms. The topological polar surface area (TPSA) is 113 Å². The smallest absolute Gasteiger partial charge is 0.282 e. The van der Waals surface area contributed by atoms with Crippen LogP contribution in [-0.4, -0.2) is 65.1 Å². The molecule has 0 saturated carbocycles. The van der Waals surface area contributed by atoms with Crippen molar-refractivity contribution in [2.24, 2.45) is 0 Å². The van der Waals surface area contributed by atoms with Gasteiger partial charge in [-0.05, 0) is 12.1 Å². The van der Waals surface area contributed by atoms with E-state index in [9.17, 15) is 14.9 Å². The van der Waals surface area contributed by atoms with Crippen LogP contribution >= 0.6 is 0 Å². The van der Waals surface area contributed by atoms with Crippen molar-refractivity contribution in [3.63, 3.8) is 0 Å². The fourth-order valence-corrected chi connectivity index (χ4v) is 2.37. The zero-order valence-corrected chi connectivity index (χ0v) is 11.6. The summed E-state index contributed by atoms with van der Waals surface area (Å²) in [5, 5.41) is 19.9. The number of carbonyl (C=O) groups is 1. The Morgan fingerprint density at radius 2 is 2.00 bits per heavy atom. The van der Waals surface area contributed by atoms with Crippen molar-refractivity contribution in [2.75, 3.05) is 45.1 Å². The highest BCUT2D eigenvalue weighted by molar-refractivity contribution is 5.99. The number of nitrogens with two attached hydrogens (primary N) is 1. The van der Waals surface area contributed by atoms with Gasteiger partial charge in [0.05, 0.1) is 11.5 Å². The lowest BCUT2D eigenvalue weighted by atomic mass is 10.1. The van der Waals surface area contributed by atoms with Crippen LogP contribution in [0.15, 0.2) is 18.2 Å². The van der Waals surface area contributed by atoms with Crippen LogP contribution in [0.5, 0.6) is 0 Å². The van der Waals surface area contributed by atoms with E-state index in [2.05, 4.69) is 0 Å². The van der Waals surface area contributed by atoms with Gasteiger partial charge < -0.3 is 15.7 Å². The number of aliphatic hydroxyl groups is 1. The molecule has 2 rings (SSSR count). The normalized spacial score (nSPS) is 16.0. The molecule has 8 heteroatoms. The number of hydrogen-bond acceptors (Lipinski definition) is 6. The number of rotatable bonds is 4. The number of piperazine rings is 1. The van der Waals surface area contributed by atoms with Gasteiger partial charge in [-0.1, -0.05) is 0 Å². The maximum atomic E-state index is 12.4. The van der Waals surface area contributed by atoms with Gasteiger partial charge in [0.25, 0.3) is 11.6 Å². The van der Waals surface area contributed by atoms with Crippen molar-refractivity contribution >= 4 is 17.3 Å². The summed E-state index contributed by atoms with van der Waals surface area (Å²) >= 11 is 0. The van der Waals surface area contributed by atoms with E-state index < -0.39 is 4.92 Å². The highest BCUT2D eigenvalue weighted by atomic mass is 16.6. The number of aliphatic hydroxyl groups excluding tert-OH is 1. The predicted molar refractivity (Wildman–Crippen MR) is 76.9 cm³/mol. The highest BCUT2D eigenvalue weighted by Crippen LogP contribution is 2.23. The molecule has 1 aliphatic rings. The summed E-state index contributed by atoms with van der Waals surface area (Å²) in [6, 6.07) is 4.01. The molecule has 1 saturated heterocycles. The van der Waals surface area contributed by atoms with Gasteiger partial charge in [0.2, 0.25) is 0 Å². The predicted octanol–water partition coefficient (Wildman–Crippen LogP) is -0.0729. The Labute approximate surface area is 121 Å². The molecular weight excluding hydrogens is 276 g/mol. The fraction of sp³-hybridized carbons (Fsp3) is 0.462. The third-order valence-corrected chi connectivity index (χ3v) is 3.52. The molecule has 1 heterocycles. The number of carbonyl (C=O) groups excluding carboxylic acids is 1. The first-order chi connectivity index (χ1) is 10.0. The van der Waals surface area contributed by atoms with Crippen LogP contribution in [-0.2, 0) is 0 Å². The third kappa shape index (κ3) is 3.47. The van der Waals surface area contributed by atoms with E-state index >= 15 is 0 Å². The standard InChI is InChI=1S/C13H18N4O4/c14-10-1-2-12(17(20)21)11(9-10)13(19)16-5-3-15(4-6-16)7-8-18/h1-2,9,18H,3-8,14H2. The first-order valence-corrected chi connectivity index (χ1v) is 6.69. The number of nitrogens with zero attached hydrogens (tertiary/aromatic N) is 3. The second-order valence-electron chi connectivity index (χ2n) is 4.89. The monoisotopic (exact) mass is 294 g/mol. The molecule has 1 amide bonds. The lowest BCUT2D eigenvalue weighted by Gasteiger charge is -2.34. The van der Waals surface area contributed by atoms with Gasteiger partial charge in [-0.15, -0.1) is 0 Å². The largest absolute Gasteiger partial charge is 0.399 e. The van der Waals surface area contributed by atoms with Gasteiger partial charge in [0.1, 0.15) is 5.56 Å². The second kappa shape index (κ2) is 6.51. The van der Waals surface area contributed by atoms with E-state index in [0.717, 1.165) is 0 Å². The van der Waals surface area contributed by atoms with Crippen molar-refractivity contribution < 1.29 is 14.8 Å². The van der Waals surface area contributed by atoms with E-state index in [0.29, 0.717) is 38.4 Å². The molecule has 21 heavy (non-hydrogen) atoms. The number of anilines is 1. The van der Waals surface area contributed by atoms with E-state index in [1.54, 1.807) is 4.90 Å². The third-order valence-electron chi connectivity index (χ3n) is 3.52.